The molecule has 1 aliphatic heterocycles. The zero-order valence-electron chi connectivity index (χ0n) is 16.8. The van der Waals surface area contributed by atoms with Crippen LogP contribution in [0.1, 0.15) is 36.2 Å². The molecule has 3 atom stereocenters. The molecule has 1 aromatic rings. The second kappa shape index (κ2) is 8.29. The van der Waals surface area contributed by atoms with Crippen LogP contribution < -0.4 is 0 Å². The molecule has 0 unspecified atom stereocenters. The van der Waals surface area contributed by atoms with Crippen LogP contribution in [-0.2, 0) is 11.0 Å². The summed E-state index contributed by atoms with van der Waals surface area (Å²) in [5, 5.41) is 9.58. The molecule has 0 saturated carbocycles. The van der Waals surface area contributed by atoms with E-state index in [9.17, 15) is 45.4 Å². The van der Waals surface area contributed by atoms with Crippen molar-refractivity contribution in [2.45, 2.75) is 44.3 Å². The molecule has 12 heteroatoms. The Hall–Kier alpha value is -2.37. The predicted octanol–water partition coefficient (Wildman–Crippen LogP) is 3.47. The summed E-state index contributed by atoms with van der Waals surface area (Å²) in [6, 6.07) is 0.897. The number of alkyl halides is 6. The molecule has 0 spiro atoms. The summed E-state index contributed by atoms with van der Waals surface area (Å²) >= 11 is 0. The van der Waals surface area contributed by atoms with Gasteiger partial charge < -0.3 is 14.9 Å². The summed E-state index contributed by atoms with van der Waals surface area (Å²) in [4.78, 5) is 26.7. The molecule has 2 amide bonds. The van der Waals surface area contributed by atoms with E-state index in [1.54, 1.807) is 6.92 Å². The van der Waals surface area contributed by atoms with Crippen LogP contribution in [0.2, 0.25) is 0 Å². The van der Waals surface area contributed by atoms with E-state index in [0.717, 1.165) is 15.9 Å². The molecule has 1 fully saturated rings. The third-order valence-electron chi connectivity index (χ3n) is 5.46. The summed E-state index contributed by atoms with van der Waals surface area (Å²) in [7, 11) is 1.30. The van der Waals surface area contributed by atoms with E-state index in [0.29, 0.717) is 13.0 Å². The van der Waals surface area contributed by atoms with Gasteiger partial charge in [0.2, 0.25) is 5.60 Å². The van der Waals surface area contributed by atoms with Gasteiger partial charge in [0.05, 0.1) is 11.1 Å². The number of nitrogens with zero attached hydrogens (tertiary/aromatic N) is 2. The number of likely N-dealkylation sites (tertiary alicyclic amines) is 1. The maximum atomic E-state index is 14.1. The average molecular weight is 458 g/mol. The molecule has 2 rings (SSSR count). The monoisotopic (exact) mass is 458 g/mol. The summed E-state index contributed by atoms with van der Waals surface area (Å²) in [5.74, 6) is -4.32. The molecule has 1 aromatic carbocycles. The van der Waals surface area contributed by atoms with Gasteiger partial charge in [-0.2, -0.15) is 26.3 Å². The van der Waals surface area contributed by atoms with E-state index in [1.165, 1.54) is 7.05 Å². The molecule has 0 bridgehead atoms. The standard InChI is InChI=1S/C19H21F7N2O3/c1-10-9-28(16(30)17(2,31)19(24,25)26)7-6-14(10)27(3)15(29)12-5-4-11(8-13(12)20)18(21,22)23/h4-5,8,10,14,31H,6-7,9H2,1-3H3/t10-,14+,17+/m0/s1. The van der Waals surface area contributed by atoms with Gasteiger partial charge in [-0.25, -0.2) is 4.39 Å². The van der Waals surface area contributed by atoms with Crippen molar-refractivity contribution in [2.75, 3.05) is 20.1 Å². The summed E-state index contributed by atoms with van der Waals surface area (Å²) in [6.07, 6.45) is -9.91. The molecule has 31 heavy (non-hydrogen) atoms. The van der Waals surface area contributed by atoms with Crippen molar-refractivity contribution in [3.8, 4) is 0 Å². The largest absolute Gasteiger partial charge is 0.426 e. The number of hydrogen-bond acceptors (Lipinski definition) is 3. The molecule has 5 nitrogen and oxygen atoms in total. The number of piperidine rings is 1. The minimum absolute atomic E-state index is 0.0331. The molecule has 1 aliphatic rings. The Bertz CT molecular complexity index is 852. The van der Waals surface area contributed by atoms with Crippen molar-refractivity contribution < 1.29 is 45.4 Å². The van der Waals surface area contributed by atoms with Gasteiger partial charge in [0.25, 0.3) is 11.8 Å². The van der Waals surface area contributed by atoms with Crippen molar-refractivity contribution in [2.24, 2.45) is 5.92 Å². The molecule has 0 aliphatic carbocycles. The first kappa shape index (κ1) is 24.9. The van der Waals surface area contributed by atoms with Crippen LogP contribution in [-0.4, -0.2) is 64.7 Å². The maximum absolute atomic E-state index is 14.1. The Balaban J connectivity index is 2.14. The van der Waals surface area contributed by atoms with E-state index >= 15 is 0 Å². The zero-order valence-corrected chi connectivity index (χ0v) is 16.8. The Morgan fingerprint density at radius 1 is 1.16 bits per heavy atom. The topological polar surface area (TPSA) is 60.9 Å². The van der Waals surface area contributed by atoms with Crippen LogP contribution in [0, 0.1) is 11.7 Å². The first-order chi connectivity index (χ1) is 14.0. The highest BCUT2D eigenvalue weighted by Gasteiger charge is 2.57. The van der Waals surface area contributed by atoms with E-state index in [4.69, 9.17) is 0 Å². The van der Waals surface area contributed by atoms with Gasteiger partial charge in [0.15, 0.2) is 0 Å². The molecule has 174 valence electrons. The van der Waals surface area contributed by atoms with Gasteiger partial charge in [-0.15, -0.1) is 0 Å². The molecule has 1 heterocycles. The first-order valence-electron chi connectivity index (χ1n) is 9.21. The average Bonchev–Trinajstić information content (AvgIpc) is 2.64. The predicted molar refractivity (Wildman–Crippen MR) is 94.3 cm³/mol. The molecule has 1 N–H and O–H groups in total. The number of carbonyl (C=O) groups excluding carboxylic acids is 2. The number of halogens is 7. The van der Waals surface area contributed by atoms with E-state index in [2.05, 4.69) is 0 Å². The number of benzene rings is 1. The van der Waals surface area contributed by atoms with Crippen molar-refractivity contribution >= 4 is 11.8 Å². The molecular weight excluding hydrogens is 437 g/mol. The van der Waals surface area contributed by atoms with Crippen molar-refractivity contribution in [3.05, 3.63) is 35.1 Å². The molecule has 1 saturated heterocycles. The van der Waals surface area contributed by atoms with Crippen LogP contribution in [0.3, 0.4) is 0 Å². The highest BCUT2D eigenvalue weighted by Crippen LogP contribution is 2.34. The fourth-order valence-electron chi connectivity index (χ4n) is 3.53. The van der Waals surface area contributed by atoms with E-state index in [1.807, 2.05) is 0 Å². The van der Waals surface area contributed by atoms with Crippen molar-refractivity contribution in [1.82, 2.24) is 9.80 Å². The lowest BCUT2D eigenvalue weighted by Gasteiger charge is -2.43. The fraction of sp³-hybridized carbons (Fsp3) is 0.579. The first-order valence-corrected chi connectivity index (χ1v) is 9.21. The lowest BCUT2D eigenvalue weighted by molar-refractivity contribution is -0.251. The Morgan fingerprint density at radius 2 is 1.74 bits per heavy atom. The maximum Gasteiger partial charge on any atom is 0.426 e. The Labute approximate surface area is 173 Å². The second-order valence-electron chi connectivity index (χ2n) is 7.76. The zero-order chi connectivity index (χ0) is 23.9. The van der Waals surface area contributed by atoms with Crippen LogP contribution in [0.25, 0.3) is 0 Å². The van der Waals surface area contributed by atoms with Gasteiger partial charge in [0, 0.05) is 26.2 Å². The molecular formula is C19H21F7N2O3. The minimum Gasteiger partial charge on any atom is -0.373 e. The van der Waals surface area contributed by atoms with Gasteiger partial charge in [-0.05, 0) is 37.5 Å². The Kier molecular flexibility index (Phi) is 6.65. The summed E-state index contributed by atoms with van der Waals surface area (Å²) in [5.41, 5.74) is -5.40. The Morgan fingerprint density at radius 3 is 2.19 bits per heavy atom. The smallest absolute Gasteiger partial charge is 0.373 e. The summed E-state index contributed by atoms with van der Waals surface area (Å²) in [6.45, 7) is 1.50. The van der Waals surface area contributed by atoms with Crippen LogP contribution >= 0.6 is 0 Å². The fourth-order valence-corrected chi connectivity index (χ4v) is 3.53. The number of carbonyl (C=O) groups is 2. The minimum atomic E-state index is -5.17. The molecule has 0 aromatic heterocycles. The normalized spacial score (nSPS) is 22.1. The van der Waals surface area contributed by atoms with Gasteiger partial charge in [-0.1, -0.05) is 6.92 Å². The van der Waals surface area contributed by atoms with Crippen molar-refractivity contribution in [1.29, 1.82) is 0 Å². The van der Waals surface area contributed by atoms with E-state index < -0.39 is 58.7 Å². The number of hydrogen-bond donors (Lipinski definition) is 1. The van der Waals surface area contributed by atoms with E-state index in [-0.39, 0.29) is 25.6 Å². The SMILES string of the molecule is C[C@H]1CN(C(=O)[C@@](C)(O)C(F)(F)F)CC[C@H]1N(C)C(=O)c1ccc(C(F)(F)F)cc1F. The third-order valence-corrected chi connectivity index (χ3v) is 5.46. The summed E-state index contributed by atoms with van der Waals surface area (Å²) < 4.78 is 90.9. The highest BCUT2D eigenvalue weighted by molar-refractivity contribution is 5.94. The number of rotatable bonds is 3. The van der Waals surface area contributed by atoms with Crippen molar-refractivity contribution in [3.63, 3.8) is 0 Å². The lowest BCUT2D eigenvalue weighted by Crippen LogP contribution is -2.60. The van der Waals surface area contributed by atoms with Gasteiger partial charge in [-0.3, -0.25) is 9.59 Å². The number of aliphatic hydroxyl groups is 1. The second-order valence-corrected chi connectivity index (χ2v) is 7.76. The van der Waals surface area contributed by atoms with Crippen LogP contribution in [0.15, 0.2) is 18.2 Å². The van der Waals surface area contributed by atoms with Crippen LogP contribution in [0.5, 0.6) is 0 Å². The molecule has 0 radical (unpaired) electrons. The quantitative estimate of drug-likeness (QED) is 0.706. The van der Waals surface area contributed by atoms with Crippen LogP contribution in [0.4, 0.5) is 30.7 Å². The number of amides is 2. The van der Waals surface area contributed by atoms with Gasteiger partial charge >= 0.3 is 12.4 Å². The third kappa shape index (κ3) is 4.94. The van der Waals surface area contributed by atoms with Gasteiger partial charge in [0.1, 0.15) is 5.82 Å². The highest BCUT2D eigenvalue weighted by atomic mass is 19.4. The lowest BCUT2D eigenvalue weighted by atomic mass is 9.90.